The highest BCUT2D eigenvalue weighted by molar-refractivity contribution is 7.19. The van der Waals surface area contributed by atoms with Crippen LogP contribution in [-0.4, -0.2) is 51.8 Å². The number of nitrogens with one attached hydrogen (secondary N) is 1. The van der Waals surface area contributed by atoms with E-state index in [4.69, 9.17) is 15.2 Å². The number of carbonyl (C=O) groups excluding carboxylic acids is 1. The summed E-state index contributed by atoms with van der Waals surface area (Å²) in [5, 5.41) is 3.99. The second-order valence-corrected chi connectivity index (χ2v) is 5.41. The summed E-state index contributed by atoms with van der Waals surface area (Å²) >= 11 is 1.24. The fourth-order valence-electron chi connectivity index (χ4n) is 1.42. The van der Waals surface area contributed by atoms with E-state index in [-0.39, 0.29) is 0 Å². The maximum atomic E-state index is 11.6. The van der Waals surface area contributed by atoms with Gasteiger partial charge in [0.25, 0.3) is 0 Å². The number of ether oxygens (including phenoxy) is 2. The van der Waals surface area contributed by atoms with Crippen LogP contribution in [0.2, 0.25) is 0 Å². The van der Waals surface area contributed by atoms with Gasteiger partial charge in [0, 0.05) is 12.6 Å². The number of likely N-dealkylation sites (N-methyl/N-ethyl adjacent to an activating group) is 1. The van der Waals surface area contributed by atoms with E-state index in [1.165, 1.54) is 25.6 Å². The molecule has 0 aromatic carbocycles. The average molecular weight is 287 g/mol. The van der Waals surface area contributed by atoms with Crippen LogP contribution in [0.15, 0.2) is 0 Å². The molecule has 7 heteroatoms. The van der Waals surface area contributed by atoms with Gasteiger partial charge in [-0.25, -0.2) is 4.79 Å². The third-order valence-electron chi connectivity index (χ3n) is 2.91. The molecule has 0 saturated heterocycles. The number of anilines is 2. The molecule has 0 aliphatic heterocycles. The number of carbonyl (C=O) groups is 1. The van der Waals surface area contributed by atoms with Gasteiger partial charge >= 0.3 is 5.97 Å². The lowest BCUT2D eigenvalue weighted by Crippen LogP contribution is -2.31. The van der Waals surface area contributed by atoms with E-state index in [0.717, 1.165) is 11.5 Å². The Balaban J connectivity index is 2.91. The fraction of sp³-hybridized carbons (Fsp3) is 0.583. The first-order chi connectivity index (χ1) is 8.92. The van der Waals surface area contributed by atoms with Gasteiger partial charge in [-0.1, -0.05) is 0 Å². The maximum absolute atomic E-state index is 11.6. The van der Waals surface area contributed by atoms with Crippen LogP contribution in [0.3, 0.4) is 0 Å². The molecule has 1 rings (SSSR count). The van der Waals surface area contributed by atoms with Crippen LogP contribution in [0.1, 0.15) is 16.6 Å². The quantitative estimate of drug-likeness (QED) is 0.772. The topological polar surface area (TPSA) is 76.8 Å². The van der Waals surface area contributed by atoms with Gasteiger partial charge in [-0.05, 0) is 21.0 Å². The molecule has 0 amide bonds. The number of hydrogen-bond acceptors (Lipinski definition) is 7. The molecular weight excluding hydrogens is 266 g/mol. The van der Waals surface area contributed by atoms with Crippen LogP contribution in [-0.2, 0) is 4.74 Å². The van der Waals surface area contributed by atoms with Gasteiger partial charge < -0.3 is 25.4 Å². The molecular formula is C12H21N3O3S. The minimum absolute atomic E-state index is 0.319. The highest BCUT2D eigenvalue weighted by Crippen LogP contribution is 2.42. The summed E-state index contributed by atoms with van der Waals surface area (Å²) in [7, 11) is 6.87. The third kappa shape index (κ3) is 3.51. The molecule has 1 aromatic heterocycles. The second-order valence-electron chi connectivity index (χ2n) is 4.39. The third-order valence-corrected chi connectivity index (χ3v) is 4.04. The summed E-state index contributed by atoms with van der Waals surface area (Å²) < 4.78 is 9.94. The molecule has 0 bridgehead atoms. The Kier molecular flexibility index (Phi) is 5.44. The number of nitrogen functional groups attached to an aromatic ring is 1. The van der Waals surface area contributed by atoms with Crippen molar-refractivity contribution in [2.24, 2.45) is 0 Å². The monoisotopic (exact) mass is 287 g/mol. The standard InChI is InChI=1S/C12H21N3O3S/c1-7(15(2)3)6-14-11-9(17-4)8(13)10(19-11)12(16)18-5/h7,14H,6,13H2,1-5H3. The summed E-state index contributed by atoms with van der Waals surface area (Å²) in [4.78, 5) is 14.0. The molecule has 0 spiro atoms. The highest BCUT2D eigenvalue weighted by atomic mass is 32.1. The molecule has 3 N–H and O–H groups in total. The van der Waals surface area contributed by atoms with Crippen molar-refractivity contribution >= 4 is 28.0 Å². The van der Waals surface area contributed by atoms with Crippen LogP contribution < -0.4 is 15.8 Å². The van der Waals surface area contributed by atoms with Gasteiger partial charge in [-0.3, -0.25) is 0 Å². The van der Waals surface area contributed by atoms with E-state index in [0.29, 0.717) is 22.4 Å². The first-order valence-electron chi connectivity index (χ1n) is 5.87. The molecule has 0 radical (unpaired) electrons. The molecule has 1 unspecified atom stereocenters. The van der Waals surface area contributed by atoms with Gasteiger partial charge in [0.05, 0.1) is 14.2 Å². The van der Waals surface area contributed by atoms with Gasteiger partial charge in [0.1, 0.15) is 15.6 Å². The summed E-state index contributed by atoms with van der Waals surface area (Å²) in [6, 6.07) is 0.342. The molecule has 1 aromatic rings. The average Bonchev–Trinajstić information content (AvgIpc) is 2.71. The van der Waals surface area contributed by atoms with Crippen molar-refractivity contribution in [3.05, 3.63) is 4.88 Å². The molecule has 0 aliphatic rings. The number of thiophene rings is 1. The van der Waals surface area contributed by atoms with Crippen molar-refractivity contribution < 1.29 is 14.3 Å². The minimum Gasteiger partial charge on any atom is -0.492 e. The predicted octanol–water partition coefficient (Wildman–Crippen LogP) is 1.49. The Labute approximate surface area is 117 Å². The lowest BCUT2D eigenvalue weighted by atomic mass is 10.3. The van der Waals surface area contributed by atoms with Crippen molar-refractivity contribution in [1.82, 2.24) is 4.90 Å². The first-order valence-corrected chi connectivity index (χ1v) is 6.68. The van der Waals surface area contributed by atoms with E-state index < -0.39 is 5.97 Å². The van der Waals surface area contributed by atoms with Crippen molar-refractivity contribution in [3.8, 4) is 5.75 Å². The number of hydrogen-bond donors (Lipinski definition) is 2. The zero-order chi connectivity index (χ0) is 14.6. The van der Waals surface area contributed by atoms with Crippen molar-refractivity contribution in [3.63, 3.8) is 0 Å². The number of nitrogens with zero attached hydrogens (tertiary/aromatic N) is 1. The van der Waals surface area contributed by atoms with E-state index in [1.807, 2.05) is 14.1 Å². The molecule has 0 aliphatic carbocycles. The Morgan fingerprint density at radius 1 is 1.47 bits per heavy atom. The van der Waals surface area contributed by atoms with Crippen LogP contribution in [0.25, 0.3) is 0 Å². The Morgan fingerprint density at radius 2 is 2.11 bits per heavy atom. The fourth-order valence-corrected chi connectivity index (χ4v) is 2.43. The lowest BCUT2D eigenvalue weighted by Gasteiger charge is -2.20. The van der Waals surface area contributed by atoms with Crippen LogP contribution in [0.4, 0.5) is 10.7 Å². The Morgan fingerprint density at radius 3 is 2.58 bits per heavy atom. The van der Waals surface area contributed by atoms with Crippen molar-refractivity contribution in [1.29, 1.82) is 0 Å². The van der Waals surface area contributed by atoms with Crippen molar-refractivity contribution in [2.45, 2.75) is 13.0 Å². The van der Waals surface area contributed by atoms with E-state index in [9.17, 15) is 4.79 Å². The van der Waals surface area contributed by atoms with Gasteiger partial charge in [0.2, 0.25) is 0 Å². The summed E-state index contributed by atoms with van der Waals surface area (Å²) in [6.45, 7) is 2.82. The summed E-state index contributed by atoms with van der Waals surface area (Å²) in [6.07, 6.45) is 0. The predicted molar refractivity (Wildman–Crippen MR) is 78.3 cm³/mol. The Hall–Kier alpha value is -1.47. The zero-order valence-corrected chi connectivity index (χ0v) is 12.8. The maximum Gasteiger partial charge on any atom is 0.350 e. The summed E-state index contributed by atoms with van der Waals surface area (Å²) in [5.74, 6) is 0.0471. The highest BCUT2D eigenvalue weighted by Gasteiger charge is 2.22. The first kappa shape index (κ1) is 15.6. The largest absolute Gasteiger partial charge is 0.492 e. The molecule has 0 fully saturated rings. The lowest BCUT2D eigenvalue weighted by molar-refractivity contribution is 0.0607. The molecule has 1 heterocycles. The van der Waals surface area contributed by atoms with E-state index >= 15 is 0 Å². The van der Waals surface area contributed by atoms with Gasteiger partial charge in [-0.15, -0.1) is 11.3 Å². The number of methoxy groups -OCH3 is 2. The number of rotatable bonds is 6. The Bertz CT molecular complexity index is 446. The normalized spacial score (nSPS) is 12.3. The number of esters is 1. The zero-order valence-electron chi connectivity index (χ0n) is 11.9. The summed E-state index contributed by atoms with van der Waals surface area (Å²) in [5.41, 5.74) is 6.21. The van der Waals surface area contributed by atoms with Crippen LogP contribution in [0.5, 0.6) is 5.75 Å². The minimum atomic E-state index is -0.450. The molecule has 19 heavy (non-hydrogen) atoms. The SMILES string of the molecule is COC(=O)c1sc(NCC(C)N(C)C)c(OC)c1N. The van der Waals surface area contributed by atoms with E-state index in [1.54, 1.807) is 0 Å². The van der Waals surface area contributed by atoms with Crippen LogP contribution >= 0.6 is 11.3 Å². The molecule has 108 valence electrons. The number of nitrogens with two attached hydrogens (primary N) is 1. The molecule has 1 atom stereocenters. The van der Waals surface area contributed by atoms with E-state index in [2.05, 4.69) is 17.1 Å². The van der Waals surface area contributed by atoms with Gasteiger partial charge in [-0.2, -0.15) is 0 Å². The smallest absolute Gasteiger partial charge is 0.350 e. The van der Waals surface area contributed by atoms with Crippen molar-refractivity contribution in [2.75, 3.05) is 45.9 Å². The molecule has 6 nitrogen and oxygen atoms in total. The van der Waals surface area contributed by atoms with Gasteiger partial charge in [0.15, 0.2) is 5.75 Å². The second kappa shape index (κ2) is 6.63. The molecule has 0 saturated carbocycles. The van der Waals surface area contributed by atoms with Crippen LogP contribution in [0, 0.1) is 0 Å².